The van der Waals surface area contributed by atoms with Crippen LogP contribution in [0.1, 0.15) is 0 Å². The van der Waals surface area contributed by atoms with Gasteiger partial charge in [0.25, 0.3) is 0 Å². The summed E-state index contributed by atoms with van der Waals surface area (Å²) in [6.45, 7) is 0. The summed E-state index contributed by atoms with van der Waals surface area (Å²) in [6, 6.07) is 0. The second kappa shape index (κ2) is 1.46. The molecule has 5 nitrogen and oxygen atoms in total. The van der Waals surface area contributed by atoms with Crippen molar-refractivity contribution < 1.29 is 45.7 Å². The van der Waals surface area contributed by atoms with Crippen molar-refractivity contribution in [3.63, 3.8) is 0 Å². The standard InChI is InChI=1S/H3O5P.Ti/c1-6(2,3)4-5-6;/h1-3H;. The third kappa shape index (κ3) is 2.69. The Morgan fingerprint density at radius 3 is 1.14 bits per heavy atom. The molecule has 0 aromatic carbocycles. The first-order valence-electron chi connectivity index (χ1n) is 1.13. The van der Waals surface area contributed by atoms with Gasteiger partial charge in [-0.15, -0.1) is 0 Å². The van der Waals surface area contributed by atoms with Crippen LogP contribution in [0.3, 0.4) is 0 Å². The van der Waals surface area contributed by atoms with E-state index in [0.717, 1.165) is 0 Å². The third-order valence-electron chi connectivity index (χ3n) is 0.275. The van der Waals surface area contributed by atoms with Crippen LogP contribution in [0.4, 0.5) is 0 Å². The molecule has 0 aliphatic carbocycles. The topological polar surface area (TPSA) is 85.8 Å². The third-order valence-corrected chi connectivity index (χ3v) is 0.824. The number of hydrogen-bond donors (Lipinski definition) is 3. The van der Waals surface area contributed by atoms with Gasteiger partial charge in [-0.1, -0.05) is 0 Å². The predicted molar refractivity (Wildman–Crippen MR) is 15.7 cm³/mol. The summed E-state index contributed by atoms with van der Waals surface area (Å²) in [7, 11) is -4.80. The van der Waals surface area contributed by atoms with E-state index in [-0.39, 0.29) is 21.7 Å². The Hall–Kier alpha value is 0.944. The molecule has 0 spiro atoms. The molecule has 0 radical (unpaired) electrons. The number of rotatable bonds is 0. The minimum atomic E-state index is -4.80. The van der Waals surface area contributed by atoms with E-state index in [0.29, 0.717) is 0 Å². The Morgan fingerprint density at radius 2 is 1.14 bits per heavy atom. The second-order valence-corrected chi connectivity index (χ2v) is 2.95. The van der Waals surface area contributed by atoms with E-state index in [1.807, 2.05) is 0 Å². The maximum absolute atomic E-state index is 7.89. The van der Waals surface area contributed by atoms with Crippen molar-refractivity contribution in [2.45, 2.75) is 0 Å². The molecule has 0 aromatic rings. The molecule has 0 bridgehead atoms. The minimum Gasteiger partial charge on any atom is 0 e. The van der Waals surface area contributed by atoms with Gasteiger partial charge < -0.3 is 0 Å². The Kier molecular flexibility index (Phi) is 1.66. The summed E-state index contributed by atoms with van der Waals surface area (Å²) < 4.78 is 6.76. The van der Waals surface area contributed by atoms with Gasteiger partial charge in [-0.3, -0.25) is 0 Å². The van der Waals surface area contributed by atoms with Gasteiger partial charge in [0.1, 0.15) is 0 Å². The first-order chi connectivity index (χ1) is 2.47. The van der Waals surface area contributed by atoms with E-state index >= 15 is 0 Å². The fourth-order valence-corrected chi connectivity index (χ4v) is 0.402. The van der Waals surface area contributed by atoms with E-state index in [1.165, 1.54) is 0 Å². The molecule has 7 heavy (non-hydrogen) atoms. The summed E-state index contributed by atoms with van der Waals surface area (Å²) >= 11 is 0. The van der Waals surface area contributed by atoms with Gasteiger partial charge in [0.15, 0.2) is 0 Å². The molecule has 1 aliphatic rings. The van der Waals surface area contributed by atoms with Gasteiger partial charge in [-0.2, -0.15) is 0 Å². The number of hydrogen-bond acceptors (Lipinski definition) is 5. The first-order valence-corrected chi connectivity index (χ1v) is 3.06. The molecule has 1 fully saturated rings. The minimum absolute atomic E-state index is 0. The van der Waals surface area contributed by atoms with Crippen LogP contribution in [0.2, 0.25) is 0 Å². The molecule has 7 heteroatoms. The largest absolute Gasteiger partial charge is 0 e. The second-order valence-electron chi connectivity index (χ2n) is 0.982. The zero-order chi connectivity index (χ0) is 4.86. The van der Waals surface area contributed by atoms with Crippen LogP contribution in [0, 0.1) is 0 Å². The Labute approximate surface area is 54.0 Å². The van der Waals surface area contributed by atoms with Gasteiger partial charge in [0.2, 0.25) is 0 Å². The summed E-state index contributed by atoms with van der Waals surface area (Å²) in [6.07, 6.45) is 0. The molecule has 1 saturated heterocycles. The van der Waals surface area contributed by atoms with Crippen LogP contribution in [0.5, 0.6) is 0 Å². The quantitative estimate of drug-likeness (QED) is 0.185. The zero-order valence-electron chi connectivity index (χ0n) is 3.11. The Morgan fingerprint density at radius 1 is 1.00 bits per heavy atom. The Balaban J connectivity index is 0.000000360. The van der Waals surface area contributed by atoms with Crippen molar-refractivity contribution in [3.8, 4) is 0 Å². The molecule has 0 atom stereocenters. The van der Waals surface area contributed by atoms with Gasteiger partial charge in [-0.25, -0.2) is 0 Å². The average Bonchev–Trinajstić information content (AvgIpc) is 1.73. The van der Waals surface area contributed by atoms with Crippen LogP contribution >= 0.6 is 7.74 Å². The van der Waals surface area contributed by atoms with Crippen LogP contribution in [0.25, 0.3) is 0 Å². The van der Waals surface area contributed by atoms with Crippen molar-refractivity contribution >= 4 is 7.74 Å². The van der Waals surface area contributed by atoms with Crippen molar-refractivity contribution in [2.75, 3.05) is 0 Å². The van der Waals surface area contributed by atoms with E-state index in [9.17, 15) is 0 Å². The first kappa shape index (κ1) is 7.94. The summed E-state index contributed by atoms with van der Waals surface area (Å²) in [5, 5.41) is 0. The van der Waals surface area contributed by atoms with Gasteiger partial charge >= 0.3 is 31.8 Å². The van der Waals surface area contributed by atoms with Crippen molar-refractivity contribution in [3.05, 3.63) is 0 Å². The molecule has 3 N–H and O–H groups in total. The van der Waals surface area contributed by atoms with E-state index in [4.69, 9.17) is 14.7 Å². The molecule has 0 saturated carbocycles. The fourth-order valence-electron chi connectivity index (χ4n) is 0.0447. The van der Waals surface area contributed by atoms with E-state index in [2.05, 4.69) is 9.35 Å². The van der Waals surface area contributed by atoms with Crippen LogP contribution in [0.15, 0.2) is 0 Å². The SMILES string of the molecule is OP1(O)(O)OO1.[Ti]. The van der Waals surface area contributed by atoms with Crippen molar-refractivity contribution in [2.24, 2.45) is 0 Å². The van der Waals surface area contributed by atoms with E-state index < -0.39 is 7.74 Å². The average molecular weight is 162 g/mol. The van der Waals surface area contributed by atoms with Crippen LogP contribution in [-0.4, -0.2) is 14.7 Å². The Bertz CT molecular complexity index is 71.8. The smallest absolute Gasteiger partial charge is 0 e. The van der Waals surface area contributed by atoms with Crippen molar-refractivity contribution in [1.82, 2.24) is 0 Å². The zero-order valence-corrected chi connectivity index (χ0v) is 5.56. The van der Waals surface area contributed by atoms with Gasteiger partial charge in [-0.05, 0) is 0 Å². The molecule has 0 unspecified atom stereocenters. The maximum Gasteiger partial charge on any atom is 0 e. The molecular weight excluding hydrogens is 159 g/mol. The summed E-state index contributed by atoms with van der Waals surface area (Å²) in [4.78, 5) is 23.7. The van der Waals surface area contributed by atoms with E-state index in [1.54, 1.807) is 0 Å². The summed E-state index contributed by atoms with van der Waals surface area (Å²) in [5.74, 6) is 0. The summed E-state index contributed by atoms with van der Waals surface area (Å²) in [5.41, 5.74) is 0. The molecule has 0 aromatic heterocycles. The van der Waals surface area contributed by atoms with Gasteiger partial charge in [0.05, 0.1) is 0 Å². The monoisotopic (exact) mass is 162 g/mol. The van der Waals surface area contributed by atoms with Crippen LogP contribution < -0.4 is 0 Å². The molecule has 42 valence electrons. The molecule has 0 amide bonds. The van der Waals surface area contributed by atoms with Gasteiger partial charge in [0, 0.05) is 21.7 Å². The van der Waals surface area contributed by atoms with Crippen LogP contribution in [-0.2, 0) is 31.1 Å². The molecular formula is H3O5PTi. The predicted octanol–water partition coefficient (Wildman–Crippen LogP) is -0.949. The normalized spacial score (nSPS) is 36.7. The molecule has 1 aliphatic heterocycles. The molecule has 1 rings (SSSR count). The maximum atomic E-state index is 7.89. The fraction of sp³-hybridized carbons (Fsp3) is 0. The molecule has 1 heterocycles. The van der Waals surface area contributed by atoms with Crippen molar-refractivity contribution in [1.29, 1.82) is 0 Å².